The van der Waals surface area contributed by atoms with E-state index in [-0.39, 0.29) is 12.4 Å². The largest absolute Gasteiger partial charge is 1.00 e. The number of rotatable bonds is 2. The number of anilines is 1. The summed E-state index contributed by atoms with van der Waals surface area (Å²) < 4.78 is 2.29. The second kappa shape index (κ2) is 5.36. The Morgan fingerprint density at radius 1 is 1.20 bits per heavy atom. The Morgan fingerprint density at radius 3 is 2.27 bits per heavy atom. The average molecular weight is 229 g/mol. The van der Waals surface area contributed by atoms with Crippen molar-refractivity contribution in [2.45, 2.75) is 27.3 Å². The molecule has 0 radical (unpaired) electrons. The van der Waals surface area contributed by atoms with Crippen LogP contribution in [0.2, 0.25) is 0 Å². The molecule has 0 amide bonds. The summed E-state index contributed by atoms with van der Waals surface area (Å²) in [5.74, 6) is 1.25. The summed E-state index contributed by atoms with van der Waals surface area (Å²) in [6.45, 7) is 7.81. The predicted molar refractivity (Wildman–Crippen MR) is 60.4 cm³/mol. The van der Waals surface area contributed by atoms with Crippen LogP contribution in [0.3, 0.4) is 0 Å². The maximum absolute atomic E-state index is 2.29. The highest BCUT2D eigenvalue weighted by Gasteiger charge is 2.18. The topological polar surface area (TPSA) is 7.12 Å². The molecular weight excluding hydrogens is 208 g/mol. The molecule has 0 saturated carbocycles. The highest BCUT2D eigenvalue weighted by atomic mass is 35.5. The van der Waals surface area contributed by atoms with Crippen molar-refractivity contribution in [1.29, 1.82) is 0 Å². The number of pyridine rings is 1. The first kappa shape index (κ1) is 14.2. The van der Waals surface area contributed by atoms with Crippen molar-refractivity contribution in [2.24, 2.45) is 5.41 Å². The first-order chi connectivity index (χ1) is 6.40. The molecule has 2 nitrogen and oxygen atoms in total. The summed E-state index contributed by atoms with van der Waals surface area (Å²) in [7, 11) is 4.16. The van der Waals surface area contributed by atoms with Crippen LogP contribution in [-0.4, -0.2) is 14.1 Å². The Morgan fingerprint density at radius 2 is 1.80 bits per heavy atom. The Balaban J connectivity index is 0.00000196. The van der Waals surface area contributed by atoms with Crippen molar-refractivity contribution in [2.75, 3.05) is 19.0 Å². The highest BCUT2D eigenvalue weighted by Crippen LogP contribution is 2.14. The van der Waals surface area contributed by atoms with E-state index >= 15 is 0 Å². The van der Waals surface area contributed by atoms with Gasteiger partial charge < -0.3 is 12.4 Å². The maximum Gasteiger partial charge on any atom is 0.276 e. The zero-order valence-electron chi connectivity index (χ0n) is 10.3. The molecule has 0 spiro atoms. The molecule has 0 saturated heterocycles. The average Bonchev–Trinajstić information content (AvgIpc) is 2.01. The zero-order valence-corrected chi connectivity index (χ0v) is 11.0. The monoisotopic (exact) mass is 228 g/mol. The van der Waals surface area contributed by atoms with Crippen molar-refractivity contribution >= 4 is 5.82 Å². The van der Waals surface area contributed by atoms with E-state index in [0.717, 1.165) is 6.54 Å². The molecular formula is C12H21ClN2. The number of aromatic nitrogens is 1. The molecule has 15 heavy (non-hydrogen) atoms. The minimum Gasteiger partial charge on any atom is -1.00 e. The Hall–Kier alpha value is -0.760. The van der Waals surface area contributed by atoms with Gasteiger partial charge in [-0.25, -0.2) is 4.57 Å². The second-order valence-corrected chi connectivity index (χ2v) is 5.14. The van der Waals surface area contributed by atoms with Crippen molar-refractivity contribution in [3.8, 4) is 0 Å². The van der Waals surface area contributed by atoms with Gasteiger partial charge in [0.05, 0.1) is 26.8 Å². The number of hydrogen-bond acceptors (Lipinski definition) is 1. The fraction of sp³-hybridized carbons (Fsp3) is 0.583. The van der Waals surface area contributed by atoms with Crippen molar-refractivity contribution in [3.05, 3.63) is 24.4 Å². The van der Waals surface area contributed by atoms with E-state index in [1.54, 1.807) is 0 Å². The fourth-order valence-corrected chi connectivity index (χ4v) is 1.52. The van der Waals surface area contributed by atoms with Crippen molar-refractivity contribution in [3.63, 3.8) is 0 Å². The zero-order chi connectivity index (χ0) is 10.8. The lowest BCUT2D eigenvalue weighted by atomic mass is 9.97. The molecule has 86 valence electrons. The van der Waals surface area contributed by atoms with Gasteiger partial charge in [-0.05, 0) is 11.5 Å². The van der Waals surface area contributed by atoms with E-state index < -0.39 is 0 Å². The Bertz CT molecular complexity index is 303. The van der Waals surface area contributed by atoms with E-state index in [9.17, 15) is 0 Å². The normalized spacial score (nSPS) is 10.7. The molecule has 3 heteroatoms. The minimum absolute atomic E-state index is 0. The second-order valence-electron chi connectivity index (χ2n) is 5.14. The predicted octanol–water partition coefficient (Wildman–Crippen LogP) is -0.910. The molecule has 0 atom stereocenters. The van der Waals surface area contributed by atoms with Gasteiger partial charge in [0, 0.05) is 6.07 Å². The van der Waals surface area contributed by atoms with Crippen LogP contribution in [-0.2, 0) is 6.54 Å². The molecule has 0 aliphatic rings. The van der Waals surface area contributed by atoms with Gasteiger partial charge in [-0.3, -0.25) is 4.90 Å². The summed E-state index contributed by atoms with van der Waals surface area (Å²) in [6, 6.07) is 6.30. The van der Waals surface area contributed by atoms with Gasteiger partial charge in [0.25, 0.3) is 5.82 Å². The van der Waals surface area contributed by atoms with Crippen LogP contribution in [0, 0.1) is 5.41 Å². The standard InChI is InChI=1S/C12H21N2.ClH/c1-12(2,3)10-14-9-7-6-8-11(14)13(4)5;/h6-9H,10H2,1-5H3;1H/q+1;/p-1. The molecule has 0 unspecified atom stereocenters. The van der Waals surface area contributed by atoms with E-state index in [0.29, 0.717) is 5.41 Å². The Labute approximate surface area is 99.3 Å². The van der Waals surface area contributed by atoms with Crippen molar-refractivity contribution in [1.82, 2.24) is 0 Å². The molecule has 0 fully saturated rings. The molecule has 0 aliphatic carbocycles. The van der Waals surface area contributed by atoms with Crippen LogP contribution in [0.1, 0.15) is 20.8 Å². The van der Waals surface area contributed by atoms with Crippen LogP contribution in [0.5, 0.6) is 0 Å². The van der Waals surface area contributed by atoms with Gasteiger partial charge in [0.15, 0.2) is 0 Å². The molecule has 0 N–H and O–H groups in total. The first-order valence-electron chi connectivity index (χ1n) is 5.06. The maximum atomic E-state index is 2.29. The smallest absolute Gasteiger partial charge is 0.276 e. The van der Waals surface area contributed by atoms with Crippen molar-refractivity contribution < 1.29 is 17.0 Å². The lowest BCUT2D eigenvalue weighted by molar-refractivity contribution is -0.696. The van der Waals surface area contributed by atoms with E-state index in [2.05, 4.69) is 68.7 Å². The number of hydrogen-bond donors (Lipinski definition) is 0. The SMILES string of the molecule is CN(C)c1cccc[n+]1CC(C)(C)C.[Cl-]. The quantitative estimate of drug-likeness (QED) is 0.595. The van der Waals surface area contributed by atoms with Gasteiger partial charge in [0.2, 0.25) is 0 Å². The summed E-state index contributed by atoms with van der Waals surface area (Å²) in [5.41, 5.74) is 0.316. The summed E-state index contributed by atoms with van der Waals surface area (Å²) >= 11 is 0. The van der Waals surface area contributed by atoms with Crippen LogP contribution in [0.25, 0.3) is 0 Å². The van der Waals surface area contributed by atoms with Crippen LogP contribution >= 0.6 is 0 Å². The van der Waals surface area contributed by atoms with Gasteiger partial charge in [-0.1, -0.05) is 26.8 Å². The van der Waals surface area contributed by atoms with Crippen LogP contribution < -0.4 is 21.9 Å². The minimum atomic E-state index is 0. The molecule has 1 aromatic heterocycles. The Kier molecular flexibility index (Phi) is 5.09. The molecule has 0 bridgehead atoms. The van der Waals surface area contributed by atoms with E-state index in [4.69, 9.17) is 0 Å². The summed E-state index contributed by atoms with van der Waals surface area (Å²) in [5, 5.41) is 0. The fourth-order valence-electron chi connectivity index (χ4n) is 1.52. The van der Waals surface area contributed by atoms with Crippen LogP contribution in [0.4, 0.5) is 5.82 Å². The summed E-state index contributed by atoms with van der Waals surface area (Å²) in [6.07, 6.45) is 2.14. The van der Waals surface area contributed by atoms with E-state index in [1.807, 2.05) is 0 Å². The lowest BCUT2D eigenvalue weighted by Gasteiger charge is -2.19. The lowest BCUT2D eigenvalue weighted by Crippen LogP contribution is -3.00. The highest BCUT2D eigenvalue weighted by molar-refractivity contribution is 5.29. The molecule has 0 aromatic carbocycles. The van der Waals surface area contributed by atoms with E-state index in [1.165, 1.54) is 5.82 Å². The number of halogens is 1. The van der Waals surface area contributed by atoms with Crippen LogP contribution in [0.15, 0.2) is 24.4 Å². The van der Waals surface area contributed by atoms with Gasteiger partial charge in [-0.15, -0.1) is 0 Å². The first-order valence-corrected chi connectivity index (χ1v) is 5.06. The number of nitrogens with zero attached hydrogens (tertiary/aromatic N) is 2. The van der Waals surface area contributed by atoms with Gasteiger partial charge in [0.1, 0.15) is 0 Å². The molecule has 1 heterocycles. The van der Waals surface area contributed by atoms with Gasteiger partial charge in [-0.2, -0.15) is 0 Å². The third-order valence-electron chi connectivity index (χ3n) is 2.02. The molecule has 1 aromatic rings. The summed E-state index contributed by atoms with van der Waals surface area (Å²) in [4.78, 5) is 2.14. The van der Waals surface area contributed by atoms with Gasteiger partial charge >= 0.3 is 0 Å². The molecule has 0 aliphatic heterocycles. The third-order valence-corrected chi connectivity index (χ3v) is 2.02. The molecule has 1 rings (SSSR count). The third kappa shape index (κ3) is 4.52.